The normalized spacial score (nSPS) is 21.7. The lowest BCUT2D eigenvalue weighted by atomic mass is 9.82. The smallest absolute Gasteiger partial charge is 0.338 e. The molecule has 0 spiro atoms. The van der Waals surface area contributed by atoms with Crippen LogP contribution in [0.2, 0.25) is 0 Å². The molecule has 3 aromatic carbocycles. The summed E-state index contributed by atoms with van der Waals surface area (Å²) in [5.41, 5.74) is 2.38. The number of rotatable bonds is 8. The highest BCUT2D eigenvalue weighted by Crippen LogP contribution is 2.38. The number of carbonyl (C=O) groups is 1. The van der Waals surface area contributed by atoms with E-state index in [1.165, 1.54) is 12.1 Å². The highest BCUT2D eigenvalue weighted by molar-refractivity contribution is 5.89. The van der Waals surface area contributed by atoms with E-state index >= 15 is 8.78 Å². The lowest BCUT2D eigenvalue weighted by Gasteiger charge is -2.29. The van der Waals surface area contributed by atoms with Gasteiger partial charge in [-0.2, -0.15) is 0 Å². The van der Waals surface area contributed by atoms with E-state index in [-0.39, 0.29) is 29.3 Å². The Morgan fingerprint density at radius 1 is 0.974 bits per heavy atom. The van der Waals surface area contributed by atoms with Gasteiger partial charge in [0.05, 0.1) is 18.3 Å². The minimum Gasteiger partial charge on any atom is -0.459 e. The van der Waals surface area contributed by atoms with E-state index in [9.17, 15) is 14.3 Å². The maximum Gasteiger partial charge on any atom is 0.338 e. The number of hydrogen-bond donors (Lipinski definition) is 1. The van der Waals surface area contributed by atoms with E-state index in [0.717, 1.165) is 12.0 Å². The summed E-state index contributed by atoms with van der Waals surface area (Å²) in [6.45, 7) is 2.47. The molecule has 2 unspecified atom stereocenters. The van der Waals surface area contributed by atoms with Crippen LogP contribution in [0.15, 0.2) is 54.6 Å². The Kier molecular flexibility index (Phi) is 7.86. The van der Waals surface area contributed by atoms with Crippen molar-refractivity contribution in [1.82, 2.24) is 0 Å². The average molecular weight is 525 g/mol. The summed E-state index contributed by atoms with van der Waals surface area (Å²) in [6.07, 6.45) is 2.43. The molecule has 1 aliphatic carbocycles. The molecule has 3 aromatic rings. The molecular formula is C31H31F3O4. The van der Waals surface area contributed by atoms with E-state index in [2.05, 4.69) is 0 Å². The third kappa shape index (κ3) is 5.64. The quantitative estimate of drug-likeness (QED) is 0.244. The Morgan fingerprint density at radius 2 is 1.66 bits per heavy atom. The van der Waals surface area contributed by atoms with Crippen molar-refractivity contribution in [3.05, 3.63) is 94.3 Å². The van der Waals surface area contributed by atoms with Gasteiger partial charge in [-0.25, -0.2) is 18.0 Å². The molecule has 4 nitrogen and oxygen atoms in total. The molecule has 1 N–H and O–H groups in total. The van der Waals surface area contributed by atoms with Crippen molar-refractivity contribution >= 4 is 5.97 Å². The molecule has 5 rings (SSSR count). The second kappa shape index (κ2) is 11.3. The molecule has 0 radical (unpaired) electrons. The topological polar surface area (TPSA) is 59.1 Å². The number of carbonyl (C=O) groups excluding carboxylic acids is 1. The number of epoxide rings is 1. The highest BCUT2D eigenvalue weighted by atomic mass is 19.2. The number of hydrogen-bond acceptors (Lipinski definition) is 4. The SMILES string of the molecule is CCCC(O)c1ccc(-c2ccc(C3CCC(OC(=O)c4ccc(C5CO5)c(F)c4)CC3)c(F)c2F)cc1. The summed E-state index contributed by atoms with van der Waals surface area (Å²) in [4.78, 5) is 12.5. The van der Waals surface area contributed by atoms with E-state index in [1.54, 1.807) is 42.5 Å². The summed E-state index contributed by atoms with van der Waals surface area (Å²) < 4.78 is 55.2. The van der Waals surface area contributed by atoms with Crippen LogP contribution >= 0.6 is 0 Å². The van der Waals surface area contributed by atoms with Gasteiger partial charge in [-0.1, -0.05) is 55.8 Å². The average Bonchev–Trinajstić information content (AvgIpc) is 3.76. The fraction of sp³-hybridized carbons (Fsp3) is 0.387. The van der Waals surface area contributed by atoms with Gasteiger partial charge in [-0.3, -0.25) is 0 Å². The number of aliphatic hydroxyl groups excluding tert-OH is 1. The molecule has 2 aliphatic rings. The zero-order chi connectivity index (χ0) is 26.8. The summed E-state index contributed by atoms with van der Waals surface area (Å²) in [5.74, 6) is -3.01. The summed E-state index contributed by atoms with van der Waals surface area (Å²) in [7, 11) is 0. The molecular weight excluding hydrogens is 493 g/mol. The van der Waals surface area contributed by atoms with Gasteiger partial charge in [-0.15, -0.1) is 0 Å². The maximum atomic E-state index is 15.2. The van der Waals surface area contributed by atoms with Crippen LogP contribution in [0.1, 0.15) is 90.6 Å². The van der Waals surface area contributed by atoms with Crippen LogP contribution in [-0.4, -0.2) is 23.8 Å². The van der Waals surface area contributed by atoms with Crippen LogP contribution in [0, 0.1) is 17.5 Å². The Balaban J connectivity index is 1.20. The van der Waals surface area contributed by atoms with Crippen molar-refractivity contribution in [3.8, 4) is 11.1 Å². The molecule has 38 heavy (non-hydrogen) atoms. The van der Waals surface area contributed by atoms with Crippen molar-refractivity contribution in [1.29, 1.82) is 0 Å². The van der Waals surface area contributed by atoms with Gasteiger partial charge in [0.15, 0.2) is 11.6 Å². The van der Waals surface area contributed by atoms with Crippen molar-refractivity contribution in [2.45, 2.75) is 69.7 Å². The first kappa shape index (κ1) is 26.4. The molecule has 1 heterocycles. The van der Waals surface area contributed by atoms with Crippen molar-refractivity contribution in [2.75, 3.05) is 6.61 Å². The molecule has 1 aliphatic heterocycles. The van der Waals surface area contributed by atoms with Gasteiger partial charge in [0.2, 0.25) is 0 Å². The van der Waals surface area contributed by atoms with Crippen molar-refractivity contribution < 1.29 is 32.5 Å². The number of esters is 1. The van der Waals surface area contributed by atoms with Crippen molar-refractivity contribution in [3.63, 3.8) is 0 Å². The lowest BCUT2D eigenvalue weighted by Crippen LogP contribution is -2.24. The monoisotopic (exact) mass is 524 g/mol. The fourth-order valence-electron chi connectivity index (χ4n) is 5.28. The first-order valence-corrected chi connectivity index (χ1v) is 13.2. The van der Waals surface area contributed by atoms with Crippen LogP contribution in [0.4, 0.5) is 13.2 Å². The van der Waals surface area contributed by atoms with Gasteiger partial charge in [-0.05, 0) is 66.8 Å². The summed E-state index contributed by atoms with van der Waals surface area (Å²) >= 11 is 0. The zero-order valence-corrected chi connectivity index (χ0v) is 21.3. The van der Waals surface area contributed by atoms with Gasteiger partial charge >= 0.3 is 5.97 Å². The van der Waals surface area contributed by atoms with E-state index in [4.69, 9.17) is 9.47 Å². The van der Waals surface area contributed by atoms with Gasteiger partial charge in [0.25, 0.3) is 0 Å². The van der Waals surface area contributed by atoms with E-state index in [1.807, 2.05) is 6.92 Å². The highest BCUT2D eigenvalue weighted by Gasteiger charge is 2.30. The number of halogens is 3. The third-order valence-electron chi connectivity index (χ3n) is 7.58. The Morgan fingerprint density at radius 3 is 2.29 bits per heavy atom. The standard InChI is InChI=1S/C31H31F3O4/c1-2-3-27(35)20-6-4-18(5-7-20)23-14-15-24(30(34)29(23)33)19-8-11-22(12-9-19)38-31(36)21-10-13-25(26(32)16-21)28-17-37-28/h4-7,10,13-16,19,22,27-28,35H,2-3,8-9,11-12,17H2,1H3. The van der Waals surface area contributed by atoms with Gasteiger partial charge in [0, 0.05) is 11.1 Å². The maximum absolute atomic E-state index is 15.2. The van der Waals surface area contributed by atoms with E-state index in [0.29, 0.717) is 55.4 Å². The molecule has 200 valence electrons. The van der Waals surface area contributed by atoms with Crippen LogP contribution < -0.4 is 0 Å². The lowest BCUT2D eigenvalue weighted by molar-refractivity contribution is 0.0193. The minimum atomic E-state index is -0.889. The Hall–Kier alpha value is -3.16. The fourth-order valence-corrected chi connectivity index (χ4v) is 5.28. The molecule has 1 saturated heterocycles. The molecule has 0 bridgehead atoms. The Labute approximate surface area is 220 Å². The molecule has 2 fully saturated rings. The first-order chi connectivity index (χ1) is 18.4. The largest absolute Gasteiger partial charge is 0.459 e. The second-order valence-electron chi connectivity index (χ2n) is 10.2. The minimum absolute atomic E-state index is 0.144. The molecule has 7 heteroatoms. The first-order valence-electron chi connectivity index (χ1n) is 13.2. The molecule has 2 atom stereocenters. The zero-order valence-electron chi connectivity index (χ0n) is 21.3. The van der Waals surface area contributed by atoms with Crippen LogP contribution in [-0.2, 0) is 9.47 Å². The van der Waals surface area contributed by atoms with Crippen LogP contribution in [0.3, 0.4) is 0 Å². The predicted octanol–water partition coefficient (Wildman–Crippen LogP) is 7.56. The van der Waals surface area contributed by atoms with Crippen LogP contribution in [0.25, 0.3) is 11.1 Å². The van der Waals surface area contributed by atoms with Crippen molar-refractivity contribution in [2.24, 2.45) is 0 Å². The number of ether oxygens (including phenoxy) is 2. The molecule has 0 amide bonds. The van der Waals surface area contributed by atoms with Gasteiger partial charge in [0.1, 0.15) is 18.0 Å². The van der Waals surface area contributed by atoms with Crippen LogP contribution in [0.5, 0.6) is 0 Å². The Bertz CT molecular complexity index is 1300. The number of aliphatic hydroxyl groups is 1. The second-order valence-corrected chi connectivity index (χ2v) is 10.2. The number of benzene rings is 3. The predicted molar refractivity (Wildman–Crippen MR) is 137 cm³/mol. The van der Waals surface area contributed by atoms with Gasteiger partial charge < -0.3 is 14.6 Å². The third-order valence-corrected chi connectivity index (χ3v) is 7.58. The van der Waals surface area contributed by atoms with E-state index < -0.39 is 29.5 Å². The summed E-state index contributed by atoms with van der Waals surface area (Å²) in [5, 5.41) is 10.1. The molecule has 0 aromatic heterocycles. The summed E-state index contributed by atoms with van der Waals surface area (Å²) in [6, 6.07) is 14.4. The molecule has 1 saturated carbocycles.